The lowest BCUT2D eigenvalue weighted by Crippen LogP contribution is -2.38. The molecule has 2 aromatic carbocycles. The number of benzene rings is 2. The third-order valence-electron chi connectivity index (χ3n) is 4.34. The SMILES string of the molecule is NCc1ccc(N2CCC(Oc3ccc(OC(F)(F)F)cc3)CC2)cc1. The van der Waals surface area contributed by atoms with Gasteiger partial charge in [-0.15, -0.1) is 13.2 Å². The summed E-state index contributed by atoms with van der Waals surface area (Å²) in [5, 5.41) is 0. The Morgan fingerprint density at radius 3 is 2.04 bits per heavy atom. The average molecular weight is 366 g/mol. The maximum Gasteiger partial charge on any atom is 0.573 e. The van der Waals surface area contributed by atoms with Crippen molar-refractivity contribution in [1.29, 1.82) is 0 Å². The summed E-state index contributed by atoms with van der Waals surface area (Å²) >= 11 is 0. The molecule has 1 saturated heterocycles. The monoisotopic (exact) mass is 366 g/mol. The predicted molar refractivity (Wildman–Crippen MR) is 93.3 cm³/mol. The first-order chi connectivity index (χ1) is 12.4. The molecule has 4 nitrogen and oxygen atoms in total. The lowest BCUT2D eigenvalue weighted by molar-refractivity contribution is -0.274. The summed E-state index contributed by atoms with van der Waals surface area (Å²) in [6.45, 7) is 2.26. The van der Waals surface area contributed by atoms with Crippen LogP contribution in [0.3, 0.4) is 0 Å². The fraction of sp³-hybridized carbons (Fsp3) is 0.368. The summed E-state index contributed by atoms with van der Waals surface area (Å²) in [5.74, 6) is 0.297. The van der Waals surface area contributed by atoms with E-state index in [-0.39, 0.29) is 11.9 Å². The number of piperidine rings is 1. The molecule has 140 valence electrons. The highest BCUT2D eigenvalue weighted by molar-refractivity contribution is 5.48. The average Bonchev–Trinajstić information content (AvgIpc) is 2.63. The molecule has 1 aliphatic heterocycles. The van der Waals surface area contributed by atoms with Crippen LogP contribution in [-0.2, 0) is 6.54 Å². The minimum absolute atomic E-state index is 0.0453. The zero-order chi connectivity index (χ0) is 18.6. The molecule has 0 radical (unpaired) electrons. The largest absolute Gasteiger partial charge is 0.573 e. The number of alkyl halides is 3. The smallest absolute Gasteiger partial charge is 0.490 e. The molecular formula is C19H21F3N2O2. The number of hydrogen-bond acceptors (Lipinski definition) is 4. The van der Waals surface area contributed by atoms with E-state index in [1.807, 2.05) is 12.1 Å². The number of anilines is 1. The van der Waals surface area contributed by atoms with Crippen LogP contribution in [0.5, 0.6) is 11.5 Å². The molecule has 2 N–H and O–H groups in total. The fourth-order valence-corrected chi connectivity index (χ4v) is 2.99. The highest BCUT2D eigenvalue weighted by Crippen LogP contribution is 2.27. The summed E-state index contributed by atoms with van der Waals surface area (Å²) in [5.41, 5.74) is 7.88. The van der Waals surface area contributed by atoms with Gasteiger partial charge in [-0.25, -0.2) is 0 Å². The van der Waals surface area contributed by atoms with Crippen LogP contribution in [0.25, 0.3) is 0 Å². The van der Waals surface area contributed by atoms with Crippen LogP contribution in [0.1, 0.15) is 18.4 Å². The standard InChI is InChI=1S/C19H21F3N2O2/c20-19(21,22)26-18-7-5-16(6-8-18)25-17-9-11-24(12-10-17)15-3-1-14(13-23)2-4-15/h1-8,17H,9-13,23H2. The number of nitrogens with zero attached hydrogens (tertiary/aromatic N) is 1. The summed E-state index contributed by atoms with van der Waals surface area (Å²) in [6, 6.07) is 13.7. The Balaban J connectivity index is 1.50. The maximum absolute atomic E-state index is 12.2. The molecule has 0 unspecified atom stereocenters. The van der Waals surface area contributed by atoms with Gasteiger partial charge < -0.3 is 20.1 Å². The van der Waals surface area contributed by atoms with Crippen molar-refractivity contribution in [2.45, 2.75) is 31.9 Å². The molecule has 0 bridgehead atoms. The van der Waals surface area contributed by atoms with Crippen molar-refractivity contribution in [3.63, 3.8) is 0 Å². The first-order valence-electron chi connectivity index (χ1n) is 8.49. The molecule has 0 saturated carbocycles. The maximum atomic E-state index is 12.2. The highest BCUT2D eigenvalue weighted by atomic mass is 19.4. The van der Waals surface area contributed by atoms with Crippen LogP contribution < -0.4 is 20.1 Å². The Morgan fingerprint density at radius 1 is 0.923 bits per heavy atom. The van der Waals surface area contributed by atoms with Crippen molar-refractivity contribution < 1.29 is 22.6 Å². The molecule has 1 heterocycles. The van der Waals surface area contributed by atoms with Crippen LogP contribution in [0.4, 0.5) is 18.9 Å². The highest BCUT2D eigenvalue weighted by Gasteiger charge is 2.31. The Hall–Kier alpha value is -2.41. The summed E-state index contributed by atoms with van der Waals surface area (Å²) in [4.78, 5) is 2.29. The van der Waals surface area contributed by atoms with Gasteiger partial charge in [-0.05, 0) is 42.0 Å². The first-order valence-corrected chi connectivity index (χ1v) is 8.49. The van der Waals surface area contributed by atoms with E-state index in [2.05, 4.69) is 21.8 Å². The van der Waals surface area contributed by atoms with Gasteiger partial charge in [0.1, 0.15) is 17.6 Å². The minimum Gasteiger partial charge on any atom is -0.490 e. The van der Waals surface area contributed by atoms with E-state index >= 15 is 0 Å². The third-order valence-corrected chi connectivity index (χ3v) is 4.34. The fourth-order valence-electron chi connectivity index (χ4n) is 2.99. The molecular weight excluding hydrogens is 345 g/mol. The van der Waals surface area contributed by atoms with Gasteiger partial charge in [0.2, 0.25) is 0 Å². The molecule has 0 spiro atoms. The van der Waals surface area contributed by atoms with E-state index in [0.717, 1.165) is 37.2 Å². The van der Waals surface area contributed by atoms with Gasteiger partial charge in [0.15, 0.2) is 0 Å². The molecule has 0 atom stereocenters. The van der Waals surface area contributed by atoms with Gasteiger partial charge in [-0.3, -0.25) is 0 Å². The van der Waals surface area contributed by atoms with Gasteiger partial charge in [0.25, 0.3) is 0 Å². The van der Waals surface area contributed by atoms with Crippen LogP contribution in [0.2, 0.25) is 0 Å². The number of halogens is 3. The molecule has 1 fully saturated rings. The quantitative estimate of drug-likeness (QED) is 0.866. The van der Waals surface area contributed by atoms with E-state index in [0.29, 0.717) is 12.3 Å². The number of rotatable bonds is 5. The Kier molecular flexibility index (Phi) is 5.56. The van der Waals surface area contributed by atoms with E-state index in [4.69, 9.17) is 10.5 Å². The molecule has 1 aliphatic rings. The lowest BCUT2D eigenvalue weighted by atomic mass is 10.1. The van der Waals surface area contributed by atoms with Crippen molar-refractivity contribution in [3.8, 4) is 11.5 Å². The third kappa shape index (κ3) is 5.05. The molecule has 0 aliphatic carbocycles. The van der Waals surface area contributed by atoms with Gasteiger partial charge in [-0.2, -0.15) is 0 Å². The second kappa shape index (κ2) is 7.86. The van der Waals surface area contributed by atoms with Crippen LogP contribution in [0, 0.1) is 0 Å². The molecule has 0 aromatic heterocycles. The van der Waals surface area contributed by atoms with Crippen molar-refractivity contribution in [2.24, 2.45) is 5.73 Å². The van der Waals surface area contributed by atoms with Gasteiger partial charge >= 0.3 is 6.36 Å². The Bertz CT molecular complexity index is 694. The van der Waals surface area contributed by atoms with Crippen molar-refractivity contribution in [3.05, 3.63) is 54.1 Å². The lowest BCUT2D eigenvalue weighted by Gasteiger charge is -2.33. The summed E-state index contributed by atoms with van der Waals surface area (Å²) in [6.07, 6.45) is -2.94. The van der Waals surface area contributed by atoms with Gasteiger partial charge in [0, 0.05) is 38.2 Å². The van der Waals surface area contributed by atoms with Gasteiger partial charge in [0.05, 0.1) is 0 Å². The van der Waals surface area contributed by atoms with Crippen molar-refractivity contribution >= 4 is 5.69 Å². The second-order valence-corrected chi connectivity index (χ2v) is 6.19. The van der Waals surface area contributed by atoms with E-state index in [1.165, 1.54) is 24.3 Å². The topological polar surface area (TPSA) is 47.7 Å². The molecule has 7 heteroatoms. The zero-order valence-corrected chi connectivity index (χ0v) is 14.2. The van der Waals surface area contributed by atoms with Crippen molar-refractivity contribution in [1.82, 2.24) is 0 Å². The molecule has 3 rings (SSSR count). The number of ether oxygens (including phenoxy) is 2. The van der Waals surface area contributed by atoms with E-state index in [9.17, 15) is 13.2 Å². The Labute approximate surface area is 150 Å². The summed E-state index contributed by atoms with van der Waals surface area (Å²) < 4.78 is 46.2. The summed E-state index contributed by atoms with van der Waals surface area (Å²) in [7, 11) is 0. The number of hydrogen-bond donors (Lipinski definition) is 1. The number of nitrogens with two attached hydrogens (primary N) is 1. The van der Waals surface area contributed by atoms with Gasteiger partial charge in [-0.1, -0.05) is 12.1 Å². The Morgan fingerprint density at radius 2 is 1.50 bits per heavy atom. The molecule has 0 amide bonds. The van der Waals surface area contributed by atoms with E-state index < -0.39 is 6.36 Å². The zero-order valence-electron chi connectivity index (χ0n) is 14.2. The van der Waals surface area contributed by atoms with Crippen LogP contribution in [0.15, 0.2) is 48.5 Å². The molecule has 26 heavy (non-hydrogen) atoms. The molecule has 2 aromatic rings. The van der Waals surface area contributed by atoms with E-state index in [1.54, 1.807) is 0 Å². The minimum atomic E-state index is -4.68. The first kappa shape index (κ1) is 18.4. The van der Waals surface area contributed by atoms with Crippen molar-refractivity contribution in [2.75, 3.05) is 18.0 Å². The van der Waals surface area contributed by atoms with Crippen LogP contribution >= 0.6 is 0 Å². The predicted octanol–water partition coefficient (Wildman–Crippen LogP) is 4.09. The second-order valence-electron chi connectivity index (χ2n) is 6.19. The normalized spacial score (nSPS) is 15.8. The van der Waals surface area contributed by atoms with Crippen LogP contribution in [-0.4, -0.2) is 25.6 Å².